The Bertz CT molecular complexity index is 327. The van der Waals surface area contributed by atoms with Crippen LogP contribution in [0.5, 0.6) is 0 Å². The quantitative estimate of drug-likeness (QED) is 0.728. The summed E-state index contributed by atoms with van der Waals surface area (Å²) in [4.78, 5) is 6.94. The molecule has 0 aliphatic carbocycles. The highest BCUT2D eigenvalue weighted by Crippen LogP contribution is 2.10. The van der Waals surface area contributed by atoms with Crippen molar-refractivity contribution in [1.29, 1.82) is 0 Å². The number of imidazole rings is 1. The van der Waals surface area contributed by atoms with E-state index in [1.165, 1.54) is 0 Å². The zero-order valence-electron chi connectivity index (χ0n) is 12.7. The van der Waals surface area contributed by atoms with Gasteiger partial charge in [-0.15, -0.1) is 0 Å². The van der Waals surface area contributed by atoms with Crippen LogP contribution in [0.25, 0.3) is 5.57 Å². The van der Waals surface area contributed by atoms with E-state index in [4.69, 9.17) is 0 Å². The maximum Gasteiger partial charge on any atom is 0.0924 e. The van der Waals surface area contributed by atoms with E-state index >= 15 is 0 Å². The minimum absolute atomic E-state index is 0.833. The van der Waals surface area contributed by atoms with Crippen LogP contribution in [0.3, 0.4) is 0 Å². The normalized spacial score (nSPS) is 10.5. The molecule has 1 aromatic rings. The Labute approximate surface area is 113 Å². The Hall–Kier alpha value is -1.57. The molecule has 0 radical (unpaired) electrons. The number of nitrogens with one attached hydrogen (secondary N) is 1. The summed E-state index contributed by atoms with van der Waals surface area (Å²) in [5, 5.41) is 0. The lowest BCUT2D eigenvalue weighted by molar-refractivity contribution is 0.737. The summed E-state index contributed by atoms with van der Waals surface area (Å²) in [5.41, 5.74) is 2.04. The van der Waals surface area contributed by atoms with Gasteiger partial charge in [-0.1, -0.05) is 65.5 Å². The largest absolute Gasteiger partial charge is 0.345 e. The van der Waals surface area contributed by atoms with Crippen molar-refractivity contribution in [2.24, 2.45) is 5.92 Å². The molecular formula is C16H28N2. The van der Waals surface area contributed by atoms with Crippen molar-refractivity contribution in [3.05, 3.63) is 49.1 Å². The van der Waals surface area contributed by atoms with E-state index in [2.05, 4.69) is 37.3 Å². The molecule has 0 amide bonds. The summed E-state index contributed by atoms with van der Waals surface area (Å²) >= 11 is 0. The number of aromatic amines is 1. The third-order valence-corrected chi connectivity index (χ3v) is 1.50. The Kier molecular flexibility index (Phi) is 14.1. The van der Waals surface area contributed by atoms with Crippen molar-refractivity contribution in [3.63, 3.8) is 0 Å². The first kappa shape index (κ1) is 18.8. The van der Waals surface area contributed by atoms with Gasteiger partial charge in [-0.2, -0.15) is 0 Å². The minimum Gasteiger partial charge on any atom is -0.345 e. The average Bonchev–Trinajstić information content (AvgIpc) is 2.86. The van der Waals surface area contributed by atoms with Crippen molar-refractivity contribution >= 4 is 5.57 Å². The van der Waals surface area contributed by atoms with Crippen molar-refractivity contribution < 1.29 is 0 Å². The average molecular weight is 248 g/mol. The highest BCUT2D eigenvalue weighted by Gasteiger charge is 1.94. The van der Waals surface area contributed by atoms with Crippen LogP contribution in [0.2, 0.25) is 0 Å². The van der Waals surface area contributed by atoms with Crippen LogP contribution in [0.1, 0.15) is 47.2 Å². The molecule has 0 aliphatic rings. The van der Waals surface area contributed by atoms with E-state index in [9.17, 15) is 0 Å². The molecule has 0 fully saturated rings. The fourth-order valence-electron chi connectivity index (χ4n) is 0.881. The highest BCUT2D eigenvalue weighted by molar-refractivity contribution is 5.71. The lowest BCUT2D eigenvalue weighted by Crippen LogP contribution is -1.77. The fraction of sp³-hybridized carbons (Fsp3) is 0.438. The molecule has 0 saturated carbocycles. The molecule has 0 aromatic carbocycles. The van der Waals surface area contributed by atoms with E-state index in [0.29, 0.717) is 0 Å². The van der Waals surface area contributed by atoms with Crippen molar-refractivity contribution in [2.75, 3.05) is 0 Å². The van der Waals surface area contributed by atoms with Gasteiger partial charge in [-0.05, 0) is 18.4 Å². The number of aromatic nitrogens is 2. The maximum atomic E-state index is 3.93. The van der Waals surface area contributed by atoms with Crippen LogP contribution in [-0.2, 0) is 0 Å². The second-order valence-electron chi connectivity index (χ2n) is 4.05. The van der Waals surface area contributed by atoms with Crippen LogP contribution in [0.4, 0.5) is 0 Å². The van der Waals surface area contributed by atoms with Gasteiger partial charge in [0.05, 0.1) is 18.2 Å². The molecule has 102 valence electrons. The third kappa shape index (κ3) is 10.9. The summed E-state index contributed by atoms with van der Waals surface area (Å²) in [5.74, 6) is 0.833. The summed E-state index contributed by atoms with van der Waals surface area (Å²) in [6.07, 6.45) is 11.2. The van der Waals surface area contributed by atoms with E-state index in [0.717, 1.165) is 17.2 Å². The van der Waals surface area contributed by atoms with E-state index in [1.807, 2.05) is 39.0 Å². The molecule has 1 N–H and O–H groups in total. The predicted molar refractivity (Wildman–Crippen MR) is 83.4 cm³/mol. The number of rotatable bonds is 3. The monoisotopic (exact) mass is 248 g/mol. The molecule has 0 atom stereocenters. The maximum absolute atomic E-state index is 3.93. The Morgan fingerprint density at radius 3 is 2.22 bits per heavy atom. The molecule has 0 spiro atoms. The summed E-state index contributed by atoms with van der Waals surface area (Å²) < 4.78 is 0. The van der Waals surface area contributed by atoms with E-state index in [1.54, 1.807) is 18.6 Å². The number of allylic oxidation sites excluding steroid dienone is 5. The smallest absolute Gasteiger partial charge is 0.0924 e. The summed E-state index contributed by atoms with van der Waals surface area (Å²) in [6.45, 7) is 16.2. The molecule has 2 nitrogen and oxygen atoms in total. The lowest BCUT2D eigenvalue weighted by Gasteiger charge is -1.93. The topological polar surface area (TPSA) is 28.7 Å². The predicted octanol–water partition coefficient (Wildman–Crippen LogP) is 5.24. The molecule has 18 heavy (non-hydrogen) atoms. The first-order chi connectivity index (χ1) is 8.61. The Balaban J connectivity index is 0. The van der Waals surface area contributed by atoms with Crippen molar-refractivity contribution in [1.82, 2.24) is 9.97 Å². The zero-order valence-corrected chi connectivity index (χ0v) is 12.7. The number of H-pyrrole nitrogens is 1. The molecule has 2 heteroatoms. The van der Waals surface area contributed by atoms with Crippen LogP contribution >= 0.6 is 0 Å². The van der Waals surface area contributed by atoms with Gasteiger partial charge in [0.15, 0.2) is 0 Å². The van der Waals surface area contributed by atoms with Gasteiger partial charge in [0, 0.05) is 0 Å². The van der Waals surface area contributed by atoms with Gasteiger partial charge in [-0.3, -0.25) is 0 Å². The molecule has 0 aliphatic heterocycles. The Morgan fingerprint density at radius 2 is 1.89 bits per heavy atom. The van der Waals surface area contributed by atoms with Gasteiger partial charge >= 0.3 is 0 Å². The fourth-order valence-corrected chi connectivity index (χ4v) is 0.881. The second kappa shape index (κ2) is 13.5. The van der Waals surface area contributed by atoms with Crippen LogP contribution < -0.4 is 0 Å². The second-order valence-corrected chi connectivity index (χ2v) is 4.05. The Morgan fingerprint density at radius 1 is 1.33 bits per heavy atom. The lowest BCUT2D eigenvalue weighted by atomic mass is 10.2. The van der Waals surface area contributed by atoms with E-state index in [-0.39, 0.29) is 0 Å². The molecule has 0 saturated heterocycles. The third-order valence-electron chi connectivity index (χ3n) is 1.50. The molecule has 1 aromatic heterocycles. The van der Waals surface area contributed by atoms with Crippen molar-refractivity contribution in [3.8, 4) is 0 Å². The molecule has 1 rings (SSSR count). The SMILES string of the molecule is C=C/C(=C\C=C/C)c1cnc[nH]1.CC.CC(C)C. The van der Waals surface area contributed by atoms with Crippen LogP contribution in [0, 0.1) is 5.92 Å². The highest BCUT2D eigenvalue weighted by atomic mass is 14.9. The number of hydrogen-bond donors (Lipinski definition) is 1. The first-order valence-corrected chi connectivity index (χ1v) is 6.56. The van der Waals surface area contributed by atoms with Gasteiger partial charge in [0.2, 0.25) is 0 Å². The van der Waals surface area contributed by atoms with Crippen LogP contribution in [-0.4, -0.2) is 9.97 Å². The first-order valence-electron chi connectivity index (χ1n) is 6.56. The standard InChI is InChI=1S/C10H12N2.C4H10.C2H6/c1-3-5-6-9(4-2)10-7-11-8-12-10;1-4(2)3;1-2/h3-8H,2H2,1H3,(H,11,12);4H,1-3H3;1-2H3/b5-3-,9-6+;;. The van der Waals surface area contributed by atoms with Gasteiger partial charge in [0.25, 0.3) is 0 Å². The van der Waals surface area contributed by atoms with Gasteiger partial charge < -0.3 is 4.98 Å². The van der Waals surface area contributed by atoms with E-state index < -0.39 is 0 Å². The van der Waals surface area contributed by atoms with Crippen molar-refractivity contribution in [2.45, 2.75) is 41.5 Å². The molecule has 0 bridgehead atoms. The van der Waals surface area contributed by atoms with Gasteiger partial charge in [-0.25, -0.2) is 4.98 Å². The summed E-state index contributed by atoms with van der Waals surface area (Å²) in [6, 6.07) is 0. The number of hydrogen-bond acceptors (Lipinski definition) is 1. The van der Waals surface area contributed by atoms with Crippen LogP contribution in [0.15, 0.2) is 43.4 Å². The molecule has 1 heterocycles. The molecule has 0 unspecified atom stereocenters. The summed E-state index contributed by atoms with van der Waals surface area (Å²) in [7, 11) is 0. The van der Waals surface area contributed by atoms with Gasteiger partial charge in [0.1, 0.15) is 0 Å². The zero-order chi connectivity index (χ0) is 14.4. The minimum atomic E-state index is 0.833. The number of nitrogens with zero attached hydrogens (tertiary/aromatic N) is 1. The molecular weight excluding hydrogens is 220 g/mol.